The normalized spacial score (nSPS) is 29.2. The van der Waals surface area contributed by atoms with Crippen LogP contribution in [-0.4, -0.2) is 109 Å². The van der Waals surface area contributed by atoms with E-state index in [1.807, 2.05) is 0 Å². The molecule has 1 aromatic heterocycles. The van der Waals surface area contributed by atoms with Crippen LogP contribution in [0.25, 0.3) is 11.3 Å². The van der Waals surface area contributed by atoms with Crippen LogP contribution in [0.1, 0.15) is 31.7 Å². The lowest BCUT2D eigenvalue weighted by atomic mass is 9.86. The summed E-state index contributed by atoms with van der Waals surface area (Å²) >= 11 is 0. The zero-order valence-electron chi connectivity index (χ0n) is 21.6. The van der Waals surface area contributed by atoms with Crippen molar-refractivity contribution in [2.24, 2.45) is 11.1 Å². The number of carbonyl (C=O) groups is 1. The summed E-state index contributed by atoms with van der Waals surface area (Å²) in [6.07, 6.45) is -2.60. The minimum atomic E-state index is -1.36. The summed E-state index contributed by atoms with van der Waals surface area (Å²) < 4.78 is 39.8. The minimum absolute atomic E-state index is 0.0982. The third-order valence-electron chi connectivity index (χ3n) is 7.81. The summed E-state index contributed by atoms with van der Waals surface area (Å²) in [6, 6.07) is 1.11. The van der Waals surface area contributed by atoms with Gasteiger partial charge in [-0.3, -0.25) is 0 Å². The van der Waals surface area contributed by atoms with Crippen LogP contribution >= 0.6 is 0 Å². The van der Waals surface area contributed by atoms with Gasteiger partial charge in [0.25, 0.3) is 0 Å². The molecule has 0 aliphatic carbocycles. The lowest BCUT2D eigenvalue weighted by Crippen LogP contribution is -2.56. The van der Waals surface area contributed by atoms with Gasteiger partial charge in [0.15, 0.2) is 11.6 Å². The van der Waals surface area contributed by atoms with Gasteiger partial charge in [0.05, 0.1) is 31.7 Å². The predicted octanol–water partition coefficient (Wildman–Crippen LogP) is 1.18. The Labute approximate surface area is 227 Å². The van der Waals surface area contributed by atoms with Crippen molar-refractivity contribution in [1.82, 2.24) is 19.9 Å². The number of ether oxygens (including phenoxy) is 2. The highest BCUT2D eigenvalue weighted by molar-refractivity contribution is 5.88. The van der Waals surface area contributed by atoms with Crippen molar-refractivity contribution in [2.75, 3.05) is 26.8 Å². The number of halogens is 2. The molecule has 2 aromatic rings. The average Bonchev–Trinajstić information content (AvgIpc) is 3.62. The van der Waals surface area contributed by atoms with E-state index in [0.29, 0.717) is 32.4 Å². The van der Waals surface area contributed by atoms with E-state index in [9.17, 15) is 28.9 Å². The molecule has 2 saturated heterocycles. The van der Waals surface area contributed by atoms with Gasteiger partial charge >= 0.3 is 6.09 Å². The lowest BCUT2D eigenvalue weighted by Gasteiger charge is -2.42. The molecular weight excluding hydrogens is 536 g/mol. The number of carboxylic acid groups (broad SMARTS) is 1. The van der Waals surface area contributed by atoms with Crippen LogP contribution in [0.5, 0.6) is 5.75 Å². The Morgan fingerprint density at radius 3 is 2.58 bits per heavy atom. The van der Waals surface area contributed by atoms with Crippen molar-refractivity contribution >= 4 is 11.8 Å². The Hall–Kier alpha value is -3.40. The fourth-order valence-electron chi connectivity index (χ4n) is 5.58. The van der Waals surface area contributed by atoms with Gasteiger partial charge in [-0.25, -0.2) is 13.9 Å². The van der Waals surface area contributed by atoms with Gasteiger partial charge in [0.2, 0.25) is 5.82 Å². The molecule has 2 fully saturated rings. The number of hydrogen-bond donors (Lipinski definition) is 4. The van der Waals surface area contributed by atoms with Crippen molar-refractivity contribution in [1.29, 1.82) is 0 Å². The zero-order valence-corrected chi connectivity index (χ0v) is 21.6. The number of aromatic nitrogens is 3. The molecule has 0 radical (unpaired) electrons. The highest BCUT2D eigenvalue weighted by Gasteiger charge is 2.47. The van der Waals surface area contributed by atoms with Crippen LogP contribution in [0, 0.1) is 17.6 Å². The molecule has 0 saturated carbocycles. The first-order valence-electron chi connectivity index (χ1n) is 13.0. The quantitative estimate of drug-likeness (QED) is 0.381. The Morgan fingerprint density at radius 2 is 1.90 bits per heavy atom. The number of hydrogen-bond acceptors (Lipinski definition) is 10. The van der Waals surface area contributed by atoms with Crippen LogP contribution in [-0.2, 0) is 9.57 Å². The molecule has 4 heterocycles. The minimum Gasteiger partial charge on any atom is -0.494 e. The standard InChI is InChI=1S/C25H31F2N5O8/c1-38-18-7-13(6-15(26)21(18)27)17-10-32(30-28-17)22-23(34)19(39-20(11-33)24(22)35)9-14-8-16(29-40-14)12-2-4-31(5-3-12)25(36)37/h6-7,10,12,14,19-20,22-24,33-35H,2-5,8-9,11H2,1H3,(H,36,37)/t14?,19-,20-,22-,23+,24+/m1/s1. The number of nitrogens with zero attached hydrogens (tertiary/aromatic N) is 5. The van der Waals surface area contributed by atoms with Crippen molar-refractivity contribution in [2.45, 2.75) is 62.2 Å². The number of aliphatic hydroxyl groups excluding tert-OH is 3. The van der Waals surface area contributed by atoms with Crippen LogP contribution in [0.15, 0.2) is 23.5 Å². The van der Waals surface area contributed by atoms with Crippen LogP contribution < -0.4 is 4.74 Å². The van der Waals surface area contributed by atoms with E-state index in [-0.39, 0.29) is 29.3 Å². The molecule has 40 heavy (non-hydrogen) atoms. The molecular formula is C25H31F2N5O8. The maximum Gasteiger partial charge on any atom is 0.407 e. The monoisotopic (exact) mass is 567 g/mol. The molecule has 3 aliphatic heterocycles. The third kappa shape index (κ3) is 5.46. The number of amides is 1. The Morgan fingerprint density at radius 1 is 1.18 bits per heavy atom. The van der Waals surface area contributed by atoms with Gasteiger partial charge in [-0.05, 0) is 25.0 Å². The van der Waals surface area contributed by atoms with Crippen LogP contribution in [0.2, 0.25) is 0 Å². The first-order chi connectivity index (χ1) is 19.2. The number of oxime groups is 1. The highest BCUT2D eigenvalue weighted by Crippen LogP contribution is 2.35. The van der Waals surface area contributed by atoms with Gasteiger partial charge in [0, 0.05) is 37.4 Å². The molecule has 218 valence electrons. The summed E-state index contributed by atoms with van der Waals surface area (Å²) in [7, 11) is 1.20. The fourth-order valence-corrected chi connectivity index (χ4v) is 5.58. The van der Waals surface area contributed by atoms with Gasteiger partial charge in [-0.2, -0.15) is 4.39 Å². The zero-order chi connectivity index (χ0) is 28.6. The molecule has 1 aromatic carbocycles. The predicted molar refractivity (Wildman–Crippen MR) is 133 cm³/mol. The van der Waals surface area contributed by atoms with E-state index in [1.54, 1.807) is 0 Å². The van der Waals surface area contributed by atoms with Crippen molar-refractivity contribution in [3.05, 3.63) is 30.0 Å². The molecule has 1 amide bonds. The van der Waals surface area contributed by atoms with E-state index in [0.717, 1.165) is 11.8 Å². The molecule has 3 aliphatic rings. The van der Waals surface area contributed by atoms with Gasteiger partial charge in [-0.1, -0.05) is 10.4 Å². The van der Waals surface area contributed by atoms with E-state index >= 15 is 0 Å². The van der Waals surface area contributed by atoms with Crippen molar-refractivity contribution < 1.29 is 48.3 Å². The SMILES string of the molecule is COc1cc(-c2cn([C@H]3[C@@H](O)[C@@H](CO)O[C@H](CC4CC(C5CCN(C(=O)O)CC5)=NO4)[C@@H]3O)nn2)cc(F)c1F. The molecule has 13 nitrogen and oxygen atoms in total. The maximum absolute atomic E-state index is 14.1. The molecule has 0 spiro atoms. The molecule has 4 N–H and O–H groups in total. The second-order valence-corrected chi connectivity index (χ2v) is 10.2. The number of likely N-dealkylation sites (tertiary alicyclic amines) is 1. The highest BCUT2D eigenvalue weighted by atomic mass is 19.2. The second kappa shape index (κ2) is 11.6. The Balaban J connectivity index is 1.28. The fraction of sp³-hybridized carbons (Fsp3) is 0.600. The van der Waals surface area contributed by atoms with Crippen molar-refractivity contribution in [3.63, 3.8) is 0 Å². The van der Waals surface area contributed by atoms with E-state index in [2.05, 4.69) is 15.5 Å². The summed E-state index contributed by atoms with van der Waals surface area (Å²) in [5.74, 6) is -2.50. The number of benzene rings is 1. The Kier molecular flexibility index (Phi) is 8.16. The summed E-state index contributed by atoms with van der Waals surface area (Å²) in [6.45, 7) is 0.310. The summed E-state index contributed by atoms with van der Waals surface area (Å²) in [5.41, 5.74) is 1.15. The van der Waals surface area contributed by atoms with E-state index < -0.39 is 60.9 Å². The molecule has 5 rings (SSSR count). The third-order valence-corrected chi connectivity index (χ3v) is 7.81. The summed E-state index contributed by atoms with van der Waals surface area (Å²) in [4.78, 5) is 18.2. The van der Waals surface area contributed by atoms with Gasteiger partial charge in [0.1, 0.15) is 36.2 Å². The molecule has 1 unspecified atom stereocenters. The first kappa shape index (κ1) is 28.1. The van der Waals surface area contributed by atoms with Crippen LogP contribution in [0.3, 0.4) is 0 Å². The van der Waals surface area contributed by atoms with Gasteiger partial charge < -0.3 is 39.6 Å². The summed E-state index contributed by atoms with van der Waals surface area (Å²) in [5, 5.41) is 53.3. The molecule has 6 atom stereocenters. The largest absolute Gasteiger partial charge is 0.494 e. The lowest BCUT2D eigenvalue weighted by molar-refractivity contribution is -0.212. The first-order valence-corrected chi connectivity index (χ1v) is 13.0. The topological polar surface area (TPSA) is 172 Å². The van der Waals surface area contributed by atoms with E-state index in [4.69, 9.17) is 19.4 Å². The Bertz CT molecular complexity index is 1250. The smallest absolute Gasteiger partial charge is 0.407 e. The average molecular weight is 568 g/mol. The molecule has 15 heteroatoms. The number of rotatable bonds is 7. The second-order valence-electron chi connectivity index (χ2n) is 10.2. The van der Waals surface area contributed by atoms with Crippen molar-refractivity contribution in [3.8, 4) is 17.0 Å². The number of piperidine rings is 1. The van der Waals surface area contributed by atoms with Crippen LogP contribution in [0.4, 0.5) is 13.6 Å². The molecule has 0 bridgehead atoms. The maximum atomic E-state index is 14.1. The van der Waals surface area contributed by atoms with Gasteiger partial charge in [-0.15, -0.1) is 5.10 Å². The number of aliphatic hydroxyl groups is 3. The number of methoxy groups -OCH3 is 1. The van der Waals surface area contributed by atoms with E-state index in [1.165, 1.54) is 29.0 Å².